The zero-order chi connectivity index (χ0) is 11.6. The largest absolute Gasteiger partial charge is 0.409 e. The van der Waals surface area contributed by atoms with E-state index in [0.717, 1.165) is 13.2 Å². The van der Waals surface area contributed by atoms with Crippen molar-refractivity contribution in [2.24, 2.45) is 0 Å². The van der Waals surface area contributed by atoms with Crippen LogP contribution >= 0.6 is 0 Å². The second-order valence-corrected chi connectivity index (χ2v) is 4.70. The van der Waals surface area contributed by atoms with Crippen LogP contribution in [-0.4, -0.2) is 50.0 Å². The lowest BCUT2D eigenvalue weighted by molar-refractivity contribution is -0.933. The van der Waals surface area contributed by atoms with Gasteiger partial charge in [0.15, 0.2) is 0 Å². The van der Waals surface area contributed by atoms with E-state index in [1.165, 1.54) is 0 Å². The Bertz CT molecular complexity index is 269. The molecule has 2 unspecified atom stereocenters. The van der Waals surface area contributed by atoms with Crippen molar-refractivity contribution < 1.29 is 18.8 Å². The zero-order valence-corrected chi connectivity index (χ0v) is 9.95. The van der Waals surface area contributed by atoms with E-state index >= 15 is 0 Å². The van der Waals surface area contributed by atoms with Crippen LogP contribution in [0.3, 0.4) is 0 Å². The number of nitrogens with zero attached hydrogens (tertiary/aromatic N) is 1. The molecule has 1 rings (SSSR count). The quantitative estimate of drug-likeness (QED) is 0.225. The maximum absolute atomic E-state index is 11.3. The standard InChI is InChI=1S/C11H20NO3/c1-8(2)11(13)15-9(3)12(4,5)6-10-7-14-10/h9-10H,1,6-7H2,2-5H3/q+1. The first kappa shape index (κ1) is 12.2. The first-order valence-corrected chi connectivity index (χ1v) is 5.13. The SMILES string of the molecule is C=C(C)C(=O)OC(C)[N+](C)(C)CC1CO1. The van der Waals surface area contributed by atoms with E-state index in [1.807, 2.05) is 21.0 Å². The molecule has 1 fully saturated rings. The maximum Gasteiger partial charge on any atom is 0.337 e. The number of rotatable bonds is 5. The number of ether oxygens (including phenoxy) is 2. The topological polar surface area (TPSA) is 38.8 Å². The number of carbonyl (C=O) groups is 1. The third-order valence-electron chi connectivity index (χ3n) is 2.69. The molecule has 2 atom stereocenters. The second-order valence-electron chi connectivity index (χ2n) is 4.70. The Kier molecular flexibility index (Phi) is 3.52. The highest BCUT2D eigenvalue weighted by Crippen LogP contribution is 2.18. The molecular formula is C11H20NO3+. The smallest absolute Gasteiger partial charge is 0.337 e. The summed E-state index contributed by atoms with van der Waals surface area (Å²) in [4.78, 5) is 11.3. The third-order valence-corrected chi connectivity index (χ3v) is 2.69. The Balaban J connectivity index is 2.46. The molecule has 0 bridgehead atoms. The van der Waals surface area contributed by atoms with Crippen LogP contribution in [0.25, 0.3) is 0 Å². The van der Waals surface area contributed by atoms with Crippen molar-refractivity contribution in [2.45, 2.75) is 26.2 Å². The van der Waals surface area contributed by atoms with E-state index in [2.05, 4.69) is 6.58 Å². The van der Waals surface area contributed by atoms with Crippen molar-refractivity contribution in [3.05, 3.63) is 12.2 Å². The fourth-order valence-corrected chi connectivity index (χ4v) is 1.24. The molecule has 0 saturated carbocycles. The number of esters is 1. The van der Waals surface area contributed by atoms with Crippen LogP contribution in [0.5, 0.6) is 0 Å². The molecule has 0 amide bonds. The lowest BCUT2D eigenvalue weighted by Gasteiger charge is -2.34. The highest BCUT2D eigenvalue weighted by molar-refractivity contribution is 5.86. The van der Waals surface area contributed by atoms with Gasteiger partial charge in [-0.3, -0.25) is 4.48 Å². The Labute approximate surface area is 91.1 Å². The van der Waals surface area contributed by atoms with E-state index in [0.29, 0.717) is 16.2 Å². The Morgan fingerprint density at radius 3 is 2.60 bits per heavy atom. The first-order chi connectivity index (χ1) is 6.83. The van der Waals surface area contributed by atoms with Gasteiger partial charge in [0.1, 0.15) is 12.6 Å². The minimum absolute atomic E-state index is 0.182. The molecule has 0 aromatic heterocycles. The highest BCUT2D eigenvalue weighted by Gasteiger charge is 2.36. The van der Waals surface area contributed by atoms with E-state index in [-0.39, 0.29) is 12.2 Å². The molecule has 0 radical (unpaired) electrons. The van der Waals surface area contributed by atoms with Crippen molar-refractivity contribution in [1.29, 1.82) is 0 Å². The predicted octanol–water partition coefficient (Wildman–Crippen LogP) is 0.927. The van der Waals surface area contributed by atoms with Gasteiger partial charge in [0.25, 0.3) is 0 Å². The van der Waals surface area contributed by atoms with Gasteiger partial charge in [-0.25, -0.2) is 4.79 Å². The lowest BCUT2D eigenvalue weighted by atomic mass is 10.3. The maximum atomic E-state index is 11.3. The van der Waals surface area contributed by atoms with Gasteiger partial charge < -0.3 is 9.47 Å². The molecule has 0 aliphatic carbocycles. The lowest BCUT2D eigenvalue weighted by Crippen LogP contribution is -2.51. The Hall–Kier alpha value is -0.870. The molecule has 4 heteroatoms. The summed E-state index contributed by atoms with van der Waals surface area (Å²) in [5.41, 5.74) is 0.435. The van der Waals surface area contributed by atoms with Gasteiger partial charge in [0.2, 0.25) is 6.23 Å². The van der Waals surface area contributed by atoms with Crippen molar-refractivity contribution >= 4 is 5.97 Å². The van der Waals surface area contributed by atoms with Crippen LogP contribution in [0.2, 0.25) is 0 Å². The second kappa shape index (κ2) is 4.33. The summed E-state index contributed by atoms with van der Waals surface area (Å²) in [7, 11) is 4.05. The summed E-state index contributed by atoms with van der Waals surface area (Å²) in [6.07, 6.45) is 0.143. The van der Waals surface area contributed by atoms with E-state index in [4.69, 9.17) is 9.47 Å². The van der Waals surface area contributed by atoms with Crippen LogP contribution < -0.4 is 0 Å². The van der Waals surface area contributed by atoms with Gasteiger partial charge in [0.05, 0.1) is 20.7 Å². The molecule has 1 saturated heterocycles. The van der Waals surface area contributed by atoms with Crippen molar-refractivity contribution in [1.82, 2.24) is 0 Å². The molecule has 0 spiro atoms. The molecule has 0 N–H and O–H groups in total. The number of quaternary nitrogens is 1. The average Bonchev–Trinajstić information content (AvgIpc) is 2.86. The number of carbonyl (C=O) groups excluding carboxylic acids is 1. The minimum Gasteiger partial charge on any atom is -0.409 e. The molecule has 15 heavy (non-hydrogen) atoms. The number of hydrogen-bond acceptors (Lipinski definition) is 3. The predicted molar refractivity (Wildman–Crippen MR) is 57.1 cm³/mol. The Morgan fingerprint density at radius 1 is 1.67 bits per heavy atom. The van der Waals surface area contributed by atoms with Gasteiger partial charge >= 0.3 is 5.97 Å². The summed E-state index contributed by atoms with van der Waals surface area (Å²) in [6.45, 7) is 8.79. The summed E-state index contributed by atoms with van der Waals surface area (Å²) in [6, 6.07) is 0. The number of likely N-dealkylation sites (N-methyl/N-ethyl adjacent to an activating group) is 1. The number of epoxide rings is 1. The molecule has 1 aliphatic rings. The summed E-state index contributed by atoms with van der Waals surface area (Å²) >= 11 is 0. The fourth-order valence-electron chi connectivity index (χ4n) is 1.24. The van der Waals surface area contributed by atoms with Crippen LogP contribution in [0.1, 0.15) is 13.8 Å². The van der Waals surface area contributed by atoms with Gasteiger partial charge in [-0.2, -0.15) is 0 Å². The van der Waals surface area contributed by atoms with Gasteiger partial charge in [-0.15, -0.1) is 0 Å². The van der Waals surface area contributed by atoms with Gasteiger partial charge in [-0.05, 0) is 6.92 Å². The van der Waals surface area contributed by atoms with E-state index < -0.39 is 0 Å². The molecular weight excluding hydrogens is 194 g/mol. The van der Waals surface area contributed by atoms with Crippen molar-refractivity contribution in [2.75, 3.05) is 27.2 Å². The highest BCUT2D eigenvalue weighted by atomic mass is 16.6. The van der Waals surface area contributed by atoms with Crippen LogP contribution in [0.15, 0.2) is 12.2 Å². The first-order valence-electron chi connectivity index (χ1n) is 5.13. The fraction of sp³-hybridized carbons (Fsp3) is 0.727. The van der Waals surface area contributed by atoms with Crippen LogP contribution in [0, 0.1) is 0 Å². The van der Waals surface area contributed by atoms with Gasteiger partial charge in [-0.1, -0.05) is 6.58 Å². The molecule has 0 aromatic carbocycles. The molecule has 1 heterocycles. The summed E-state index contributed by atoms with van der Waals surface area (Å²) in [5, 5.41) is 0. The summed E-state index contributed by atoms with van der Waals surface area (Å²) in [5.74, 6) is -0.328. The summed E-state index contributed by atoms with van der Waals surface area (Å²) < 4.78 is 11.1. The monoisotopic (exact) mass is 214 g/mol. The van der Waals surface area contributed by atoms with E-state index in [9.17, 15) is 4.79 Å². The third kappa shape index (κ3) is 3.64. The van der Waals surface area contributed by atoms with E-state index in [1.54, 1.807) is 6.92 Å². The molecule has 0 aromatic rings. The molecule has 4 nitrogen and oxygen atoms in total. The average molecular weight is 214 g/mol. The minimum atomic E-state index is -0.328. The van der Waals surface area contributed by atoms with Crippen LogP contribution in [0.4, 0.5) is 0 Å². The molecule has 86 valence electrons. The Morgan fingerprint density at radius 2 is 2.20 bits per heavy atom. The van der Waals surface area contributed by atoms with Crippen LogP contribution in [-0.2, 0) is 14.3 Å². The van der Waals surface area contributed by atoms with Crippen molar-refractivity contribution in [3.63, 3.8) is 0 Å². The molecule has 1 aliphatic heterocycles. The number of hydrogen-bond donors (Lipinski definition) is 0. The normalized spacial score (nSPS) is 22.0. The van der Waals surface area contributed by atoms with Gasteiger partial charge in [0, 0.05) is 12.5 Å². The zero-order valence-electron chi connectivity index (χ0n) is 9.95. The van der Waals surface area contributed by atoms with Crippen molar-refractivity contribution in [3.8, 4) is 0 Å².